The van der Waals surface area contributed by atoms with Crippen molar-refractivity contribution < 1.29 is 0 Å². The molecule has 1 aromatic rings. The van der Waals surface area contributed by atoms with Crippen molar-refractivity contribution in [2.75, 3.05) is 19.6 Å². The van der Waals surface area contributed by atoms with Crippen molar-refractivity contribution in [2.45, 2.75) is 64.5 Å². The highest BCUT2D eigenvalue weighted by molar-refractivity contribution is 7.11. The Kier molecular flexibility index (Phi) is 4.16. The van der Waals surface area contributed by atoms with Crippen LogP contribution in [-0.4, -0.2) is 35.6 Å². The Labute approximate surface area is 126 Å². The molecule has 0 aliphatic carbocycles. The summed E-state index contributed by atoms with van der Waals surface area (Å²) in [6.07, 6.45) is 6.41. The molecule has 112 valence electrons. The number of aromatic nitrogens is 1. The summed E-state index contributed by atoms with van der Waals surface area (Å²) < 4.78 is 0. The Hall–Kier alpha value is -0.450. The van der Waals surface area contributed by atoms with Crippen LogP contribution in [0.5, 0.6) is 0 Å². The molecular weight excluding hydrogens is 266 g/mol. The third kappa shape index (κ3) is 2.53. The monoisotopic (exact) mass is 293 g/mol. The summed E-state index contributed by atoms with van der Waals surface area (Å²) in [4.78, 5) is 8.99. The number of hydrogen-bond donors (Lipinski definition) is 1. The van der Waals surface area contributed by atoms with Gasteiger partial charge in [-0.3, -0.25) is 0 Å². The van der Waals surface area contributed by atoms with E-state index in [9.17, 15) is 0 Å². The minimum Gasteiger partial charge on any atom is -0.305 e. The first-order valence-electron chi connectivity index (χ1n) is 8.08. The summed E-state index contributed by atoms with van der Waals surface area (Å²) in [5.41, 5.74) is 1.36. The van der Waals surface area contributed by atoms with Gasteiger partial charge >= 0.3 is 0 Å². The van der Waals surface area contributed by atoms with Gasteiger partial charge in [-0.05, 0) is 59.0 Å². The minimum atomic E-state index is 0.144. The molecule has 1 aromatic heterocycles. The summed E-state index contributed by atoms with van der Waals surface area (Å²) in [6, 6.07) is 0.776. The fourth-order valence-electron chi connectivity index (χ4n) is 3.73. The molecule has 3 rings (SSSR count). The molecule has 20 heavy (non-hydrogen) atoms. The Morgan fingerprint density at radius 2 is 2.25 bits per heavy atom. The van der Waals surface area contributed by atoms with Gasteiger partial charge in [0.15, 0.2) is 0 Å². The van der Waals surface area contributed by atoms with Gasteiger partial charge in [-0.2, -0.15) is 0 Å². The second-order valence-electron chi connectivity index (χ2n) is 6.46. The van der Waals surface area contributed by atoms with Gasteiger partial charge in [0, 0.05) is 17.5 Å². The predicted molar refractivity (Wildman–Crippen MR) is 85.4 cm³/mol. The standard InChI is InChI=1S/C16H27N3S/c1-4-8-17-16(15-18-12(2)13(3)20-15)7-10-19-9-5-6-14(19)11-16/h14,17H,4-11H2,1-3H3. The van der Waals surface area contributed by atoms with Gasteiger partial charge in [0.05, 0.1) is 11.2 Å². The summed E-state index contributed by atoms with van der Waals surface area (Å²) >= 11 is 1.91. The maximum Gasteiger partial charge on any atom is 0.113 e. The lowest BCUT2D eigenvalue weighted by atomic mass is 9.83. The van der Waals surface area contributed by atoms with Gasteiger partial charge in [-0.1, -0.05) is 6.92 Å². The topological polar surface area (TPSA) is 28.2 Å². The van der Waals surface area contributed by atoms with Gasteiger partial charge in [-0.15, -0.1) is 11.3 Å². The van der Waals surface area contributed by atoms with Crippen molar-refractivity contribution in [3.05, 3.63) is 15.6 Å². The van der Waals surface area contributed by atoms with E-state index in [2.05, 4.69) is 31.0 Å². The number of hydrogen-bond acceptors (Lipinski definition) is 4. The van der Waals surface area contributed by atoms with E-state index in [1.54, 1.807) is 0 Å². The molecule has 3 heterocycles. The summed E-state index contributed by atoms with van der Waals surface area (Å²) in [5, 5.41) is 5.22. The van der Waals surface area contributed by atoms with Crippen molar-refractivity contribution in [3.63, 3.8) is 0 Å². The van der Waals surface area contributed by atoms with Crippen LogP contribution in [-0.2, 0) is 5.54 Å². The molecule has 0 aromatic carbocycles. The number of rotatable bonds is 4. The van der Waals surface area contributed by atoms with Crippen LogP contribution < -0.4 is 5.32 Å². The first-order valence-corrected chi connectivity index (χ1v) is 8.90. The molecule has 0 saturated carbocycles. The summed E-state index contributed by atoms with van der Waals surface area (Å²) in [5.74, 6) is 0. The van der Waals surface area contributed by atoms with Crippen LogP contribution in [0.15, 0.2) is 0 Å². The normalized spacial score (nSPS) is 30.6. The summed E-state index contributed by atoms with van der Waals surface area (Å²) in [7, 11) is 0. The van der Waals surface area contributed by atoms with Crippen molar-refractivity contribution in [1.29, 1.82) is 0 Å². The van der Waals surface area contributed by atoms with Gasteiger partial charge in [0.25, 0.3) is 0 Å². The van der Waals surface area contributed by atoms with E-state index < -0.39 is 0 Å². The zero-order chi connectivity index (χ0) is 14.2. The van der Waals surface area contributed by atoms with Crippen LogP contribution in [0.25, 0.3) is 0 Å². The molecular formula is C16H27N3S. The van der Waals surface area contributed by atoms with Gasteiger partial charge in [-0.25, -0.2) is 4.98 Å². The molecule has 2 atom stereocenters. The van der Waals surface area contributed by atoms with E-state index in [0.29, 0.717) is 0 Å². The van der Waals surface area contributed by atoms with E-state index in [1.165, 1.54) is 60.8 Å². The Balaban J connectivity index is 1.88. The maximum absolute atomic E-state index is 4.91. The van der Waals surface area contributed by atoms with E-state index in [4.69, 9.17) is 4.98 Å². The molecule has 1 N–H and O–H groups in total. The van der Waals surface area contributed by atoms with Gasteiger partial charge in [0.2, 0.25) is 0 Å². The van der Waals surface area contributed by atoms with Crippen LogP contribution in [0, 0.1) is 13.8 Å². The average molecular weight is 293 g/mol. The molecule has 2 aliphatic rings. The second kappa shape index (κ2) is 5.74. The SMILES string of the molecule is CCCNC1(c2nc(C)c(C)s2)CCN2CCCC2C1. The van der Waals surface area contributed by atoms with E-state index in [0.717, 1.165) is 12.6 Å². The van der Waals surface area contributed by atoms with Crippen molar-refractivity contribution in [2.24, 2.45) is 0 Å². The molecule has 2 aliphatic heterocycles. The highest BCUT2D eigenvalue weighted by Gasteiger charge is 2.44. The predicted octanol–water partition coefficient (Wildman–Crippen LogP) is 3.21. The van der Waals surface area contributed by atoms with Crippen molar-refractivity contribution in [1.82, 2.24) is 15.2 Å². The highest BCUT2D eigenvalue weighted by atomic mass is 32.1. The Morgan fingerprint density at radius 1 is 1.40 bits per heavy atom. The zero-order valence-electron chi connectivity index (χ0n) is 13.0. The smallest absolute Gasteiger partial charge is 0.113 e. The fraction of sp³-hybridized carbons (Fsp3) is 0.812. The second-order valence-corrected chi connectivity index (χ2v) is 7.66. The van der Waals surface area contributed by atoms with E-state index in [-0.39, 0.29) is 5.54 Å². The maximum atomic E-state index is 4.91. The zero-order valence-corrected chi connectivity index (χ0v) is 13.9. The lowest BCUT2D eigenvalue weighted by molar-refractivity contribution is 0.105. The molecule has 2 saturated heterocycles. The Morgan fingerprint density at radius 3 is 2.95 bits per heavy atom. The number of piperidine rings is 1. The molecule has 2 fully saturated rings. The van der Waals surface area contributed by atoms with Crippen LogP contribution >= 0.6 is 11.3 Å². The lowest BCUT2D eigenvalue weighted by Crippen LogP contribution is -2.53. The third-order valence-electron chi connectivity index (χ3n) is 5.06. The first-order chi connectivity index (χ1) is 9.64. The van der Waals surface area contributed by atoms with Crippen LogP contribution in [0.1, 0.15) is 54.6 Å². The van der Waals surface area contributed by atoms with Gasteiger partial charge < -0.3 is 10.2 Å². The molecule has 2 unspecified atom stereocenters. The molecule has 4 heteroatoms. The first kappa shape index (κ1) is 14.5. The fourth-order valence-corrected chi connectivity index (χ4v) is 4.85. The molecule has 0 bridgehead atoms. The summed E-state index contributed by atoms with van der Waals surface area (Å²) in [6.45, 7) is 10.2. The third-order valence-corrected chi connectivity index (χ3v) is 6.34. The average Bonchev–Trinajstić information content (AvgIpc) is 3.03. The number of nitrogens with one attached hydrogen (secondary N) is 1. The van der Waals surface area contributed by atoms with E-state index >= 15 is 0 Å². The number of thiazole rings is 1. The lowest BCUT2D eigenvalue weighted by Gasteiger charge is -2.43. The number of fused-ring (bicyclic) bond motifs is 1. The highest BCUT2D eigenvalue weighted by Crippen LogP contribution is 2.41. The molecule has 0 radical (unpaired) electrons. The quantitative estimate of drug-likeness (QED) is 0.924. The van der Waals surface area contributed by atoms with Gasteiger partial charge in [0.1, 0.15) is 5.01 Å². The van der Waals surface area contributed by atoms with Crippen molar-refractivity contribution >= 4 is 11.3 Å². The molecule has 0 spiro atoms. The van der Waals surface area contributed by atoms with Crippen molar-refractivity contribution in [3.8, 4) is 0 Å². The van der Waals surface area contributed by atoms with Crippen LogP contribution in [0.2, 0.25) is 0 Å². The van der Waals surface area contributed by atoms with Crippen LogP contribution in [0.3, 0.4) is 0 Å². The molecule has 0 amide bonds. The van der Waals surface area contributed by atoms with Crippen LogP contribution in [0.4, 0.5) is 0 Å². The van der Waals surface area contributed by atoms with E-state index in [1.807, 2.05) is 11.3 Å². The number of nitrogens with zero attached hydrogens (tertiary/aromatic N) is 2. The number of aryl methyl sites for hydroxylation is 2. The molecule has 3 nitrogen and oxygen atoms in total. The largest absolute Gasteiger partial charge is 0.305 e. The Bertz CT molecular complexity index is 451. The minimum absolute atomic E-state index is 0.144.